The lowest BCUT2D eigenvalue weighted by Crippen LogP contribution is -2.40. The van der Waals surface area contributed by atoms with Crippen molar-refractivity contribution in [1.82, 2.24) is 19.8 Å². The maximum absolute atomic E-state index is 12.7. The molecule has 130 valence electrons. The van der Waals surface area contributed by atoms with Crippen LogP contribution in [0.4, 0.5) is 0 Å². The summed E-state index contributed by atoms with van der Waals surface area (Å²) in [6.45, 7) is 1.64. The number of likely N-dealkylation sites (N-methyl/N-ethyl adjacent to an activating group) is 1. The zero-order valence-electron chi connectivity index (χ0n) is 14.6. The zero-order chi connectivity index (χ0) is 18.0. The molecule has 0 bridgehead atoms. The van der Waals surface area contributed by atoms with E-state index in [1.54, 1.807) is 24.5 Å². The molecule has 2 atom stereocenters. The first-order valence-corrected chi connectivity index (χ1v) is 8.07. The zero-order valence-corrected chi connectivity index (χ0v) is 14.6. The smallest absolute Gasteiger partial charge is 0.251 e. The first-order chi connectivity index (χ1) is 12.0. The molecule has 2 aromatic rings. The Morgan fingerprint density at radius 2 is 2.20 bits per heavy atom. The summed E-state index contributed by atoms with van der Waals surface area (Å²) >= 11 is 0. The number of hydrogen-bond acceptors (Lipinski definition) is 5. The Bertz CT molecular complexity index is 823. The largest absolute Gasteiger partial charge is 0.495 e. The van der Waals surface area contributed by atoms with Crippen LogP contribution in [0.1, 0.15) is 27.5 Å². The van der Waals surface area contributed by atoms with E-state index in [1.165, 1.54) is 7.11 Å². The summed E-state index contributed by atoms with van der Waals surface area (Å²) in [6, 6.07) is 6.90. The monoisotopic (exact) mass is 339 g/mol. The summed E-state index contributed by atoms with van der Waals surface area (Å²) < 4.78 is 7.18. The lowest BCUT2D eigenvalue weighted by molar-refractivity contribution is 0.0935. The maximum atomic E-state index is 12.7. The molecule has 0 unspecified atom stereocenters. The van der Waals surface area contributed by atoms with Crippen LogP contribution in [-0.4, -0.2) is 53.6 Å². The van der Waals surface area contributed by atoms with Crippen molar-refractivity contribution >= 4 is 5.91 Å². The molecule has 1 N–H and O–H groups in total. The Balaban J connectivity index is 1.80. The van der Waals surface area contributed by atoms with E-state index in [1.807, 2.05) is 24.9 Å². The summed E-state index contributed by atoms with van der Waals surface area (Å²) in [6.07, 6.45) is 3.63. The van der Waals surface area contributed by atoms with E-state index >= 15 is 0 Å². The second-order valence-corrected chi connectivity index (χ2v) is 6.36. The Kier molecular flexibility index (Phi) is 4.72. The summed E-state index contributed by atoms with van der Waals surface area (Å²) in [5.74, 6) is 0.416. The van der Waals surface area contributed by atoms with Crippen LogP contribution < -0.4 is 10.1 Å². The Hall–Kier alpha value is -2.85. The Morgan fingerprint density at radius 1 is 1.40 bits per heavy atom. The number of nitrogens with one attached hydrogen (secondary N) is 1. The third-order valence-corrected chi connectivity index (χ3v) is 4.64. The van der Waals surface area contributed by atoms with Gasteiger partial charge >= 0.3 is 0 Å². The van der Waals surface area contributed by atoms with Crippen LogP contribution in [0.3, 0.4) is 0 Å². The van der Waals surface area contributed by atoms with E-state index in [0.717, 1.165) is 18.8 Å². The number of ether oxygens (including phenoxy) is 1. The average Bonchev–Trinajstić information content (AvgIpc) is 3.19. The van der Waals surface area contributed by atoms with Gasteiger partial charge in [0.25, 0.3) is 5.91 Å². The van der Waals surface area contributed by atoms with Crippen LogP contribution in [0.5, 0.6) is 5.75 Å². The molecule has 1 saturated heterocycles. The van der Waals surface area contributed by atoms with Crippen LogP contribution in [0.15, 0.2) is 30.7 Å². The number of aryl methyl sites for hydroxylation is 1. The number of carbonyl (C=O) groups excluding carboxylic acids is 1. The van der Waals surface area contributed by atoms with Gasteiger partial charge in [-0.1, -0.05) is 0 Å². The lowest BCUT2D eigenvalue weighted by Gasteiger charge is -2.20. The fourth-order valence-corrected chi connectivity index (χ4v) is 3.35. The molecule has 3 rings (SSSR count). The van der Waals surface area contributed by atoms with Gasteiger partial charge in [0.1, 0.15) is 11.8 Å². The molecule has 1 fully saturated rings. The first kappa shape index (κ1) is 17.0. The number of nitriles is 1. The van der Waals surface area contributed by atoms with Crippen molar-refractivity contribution in [3.63, 3.8) is 0 Å². The van der Waals surface area contributed by atoms with Gasteiger partial charge in [0, 0.05) is 43.5 Å². The topological polar surface area (TPSA) is 83.2 Å². The summed E-state index contributed by atoms with van der Waals surface area (Å²) in [4.78, 5) is 19.1. The predicted octanol–water partition coefficient (Wildman–Crippen LogP) is 1.13. The van der Waals surface area contributed by atoms with Gasteiger partial charge in [-0.05, 0) is 25.2 Å². The van der Waals surface area contributed by atoms with Crippen molar-refractivity contribution in [3.8, 4) is 11.8 Å². The maximum Gasteiger partial charge on any atom is 0.251 e. The molecule has 1 amide bonds. The van der Waals surface area contributed by atoms with E-state index < -0.39 is 0 Å². The van der Waals surface area contributed by atoms with Crippen molar-refractivity contribution in [2.24, 2.45) is 7.05 Å². The second-order valence-electron chi connectivity index (χ2n) is 6.36. The van der Waals surface area contributed by atoms with Crippen LogP contribution in [0, 0.1) is 11.3 Å². The number of hydrogen-bond donors (Lipinski definition) is 1. The van der Waals surface area contributed by atoms with Crippen LogP contribution in [-0.2, 0) is 7.05 Å². The fraction of sp³-hybridized carbons (Fsp3) is 0.389. The minimum absolute atomic E-state index is 0.00506. The van der Waals surface area contributed by atoms with Gasteiger partial charge in [-0.3, -0.25) is 4.79 Å². The molecule has 0 spiro atoms. The SMILES string of the molecule is COc1cc(C(=O)N[C@@H]2CN(C)C[C@H]2c2cncn2C)ccc1C#N. The molecule has 25 heavy (non-hydrogen) atoms. The van der Waals surface area contributed by atoms with Crippen LogP contribution in [0.25, 0.3) is 0 Å². The van der Waals surface area contributed by atoms with Gasteiger partial charge in [0.05, 0.1) is 25.0 Å². The lowest BCUT2D eigenvalue weighted by atomic mass is 9.99. The Labute approximate surface area is 146 Å². The van der Waals surface area contributed by atoms with Gasteiger partial charge in [-0.25, -0.2) is 4.98 Å². The minimum Gasteiger partial charge on any atom is -0.495 e. The van der Waals surface area contributed by atoms with E-state index in [-0.39, 0.29) is 17.9 Å². The Morgan fingerprint density at radius 3 is 2.84 bits per heavy atom. The molecule has 0 radical (unpaired) electrons. The summed E-state index contributed by atoms with van der Waals surface area (Å²) in [5.41, 5.74) is 1.99. The van der Waals surface area contributed by atoms with E-state index in [9.17, 15) is 4.79 Å². The van der Waals surface area contributed by atoms with E-state index in [0.29, 0.717) is 16.9 Å². The quantitative estimate of drug-likeness (QED) is 0.903. The van der Waals surface area contributed by atoms with Crippen molar-refractivity contribution in [1.29, 1.82) is 5.26 Å². The van der Waals surface area contributed by atoms with Gasteiger partial charge in [-0.15, -0.1) is 0 Å². The third-order valence-electron chi connectivity index (χ3n) is 4.64. The van der Waals surface area contributed by atoms with Crippen molar-refractivity contribution < 1.29 is 9.53 Å². The highest BCUT2D eigenvalue weighted by Gasteiger charge is 2.34. The number of nitrogens with zero attached hydrogens (tertiary/aromatic N) is 4. The number of likely N-dealkylation sites (tertiary alicyclic amines) is 1. The van der Waals surface area contributed by atoms with Crippen LogP contribution >= 0.6 is 0 Å². The second kappa shape index (κ2) is 6.95. The molecular formula is C18H21N5O2. The molecular weight excluding hydrogens is 318 g/mol. The van der Waals surface area contributed by atoms with E-state index in [4.69, 9.17) is 10.00 Å². The normalized spacial score (nSPS) is 20.2. The van der Waals surface area contributed by atoms with Gasteiger partial charge < -0.3 is 19.5 Å². The average molecular weight is 339 g/mol. The third kappa shape index (κ3) is 3.35. The highest BCUT2D eigenvalue weighted by atomic mass is 16.5. The number of carbonyl (C=O) groups is 1. The molecule has 2 heterocycles. The van der Waals surface area contributed by atoms with Crippen LogP contribution in [0.2, 0.25) is 0 Å². The van der Waals surface area contributed by atoms with Crippen molar-refractivity contribution in [3.05, 3.63) is 47.5 Å². The molecule has 1 aromatic carbocycles. The highest BCUT2D eigenvalue weighted by molar-refractivity contribution is 5.95. The van der Waals surface area contributed by atoms with Gasteiger partial charge in [-0.2, -0.15) is 5.26 Å². The van der Waals surface area contributed by atoms with Crippen molar-refractivity contribution in [2.75, 3.05) is 27.2 Å². The molecule has 1 aliphatic rings. The number of rotatable bonds is 4. The van der Waals surface area contributed by atoms with Gasteiger partial charge in [0.15, 0.2) is 0 Å². The summed E-state index contributed by atoms with van der Waals surface area (Å²) in [5, 5.41) is 12.2. The standard InChI is InChI=1S/C18H21N5O2/c1-22-9-14(16-8-20-11-23(16)2)15(10-22)21-18(24)12-4-5-13(7-19)17(6-12)25-3/h4-6,8,11,14-15H,9-10H2,1-3H3,(H,21,24)/t14-,15-/m1/s1. The number of imidazole rings is 1. The molecule has 1 aromatic heterocycles. The van der Waals surface area contributed by atoms with Crippen molar-refractivity contribution in [2.45, 2.75) is 12.0 Å². The minimum atomic E-state index is -0.171. The number of amides is 1. The molecule has 1 aliphatic heterocycles. The number of methoxy groups -OCH3 is 1. The summed E-state index contributed by atoms with van der Waals surface area (Å²) in [7, 11) is 5.49. The van der Waals surface area contributed by atoms with Gasteiger partial charge in [0.2, 0.25) is 0 Å². The molecule has 7 heteroatoms. The first-order valence-electron chi connectivity index (χ1n) is 8.07. The predicted molar refractivity (Wildman–Crippen MR) is 92.4 cm³/mol. The molecule has 7 nitrogen and oxygen atoms in total. The molecule has 0 aliphatic carbocycles. The molecule has 0 saturated carbocycles. The number of benzene rings is 1. The highest BCUT2D eigenvalue weighted by Crippen LogP contribution is 2.27. The van der Waals surface area contributed by atoms with E-state index in [2.05, 4.69) is 21.3 Å². The number of aromatic nitrogens is 2. The fourth-order valence-electron chi connectivity index (χ4n) is 3.35.